The summed E-state index contributed by atoms with van der Waals surface area (Å²) in [7, 11) is 3.98. The van der Waals surface area contributed by atoms with Crippen LogP contribution in [0, 0.1) is 0 Å². The van der Waals surface area contributed by atoms with Gasteiger partial charge in [-0.3, -0.25) is 9.48 Å². The van der Waals surface area contributed by atoms with Crippen molar-refractivity contribution >= 4 is 28.4 Å². The molecule has 0 saturated carbocycles. The lowest BCUT2D eigenvalue weighted by Crippen LogP contribution is -2.35. The zero-order valence-electron chi connectivity index (χ0n) is 19.2. The van der Waals surface area contributed by atoms with E-state index in [1.165, 1.54) is 0 Å². The molecule has 1 saturated heterocycles. The Hall–Kier alpha value is -3.98. The van der Waals surface area contributed by atoms with Gasteiger partial charge in [-0.1, -0.05) is 0 Å². The number of anilines is 2. The van der Waals surface area contributed by atoms with Crippen LogP contribution in [0.5, 0.6) is 5.75 Å². The van der Waals surface area contributed by atoms with E-state index in [0.29, 0.717) is 17.2 Å². The second kappa shape index (κ2) is 9.11. The number of fused-ring (bicyclic) bond motifs is 1. The fourth-order valence-corrected chi connectivity index (χ4v) is 4.14. The average Bonchev–Trinajstić information content (AvgIpc) is 3.26. The highest BCUT2D eigenvalue weighted by molar-refractivity contribution is 5.95. The van der Waals surface area contributed by atoms with Crippen LogP contribution in [0.25, 0.3) is 22.0 Å². The first-order valence-electron chi connectivity index (χ1n) is 11.3. The first-order valence-corrected chi connectivity index (χ1v) is 11.3. The van der Waals surface area contributed by atoms with Gasteiger partial charge in [0.2, 0.25) is 11.9 Å². The molecule has 174 valence electrons. The fourth-order valence-electron chi connectivity index (χ4n) is 4.14. The number of nitrogens with two attached hydrogens (primary N) is 1. The molecule has 5 rings (SSSR count). The molecule has 1 fully saturated rings. The van der Waals surface area contributed by atoms with E-state index in [-0.39, 0.29) is 6.10 Å². The summed E-state index contributed by atoms with van der Waals surface area (Å²) in [5.41, 5.74) is 9.09. The van der Waals surface area contributed by atoms with Crippen LogP contribution in [0.1, 0.15) is 23.2 Å². The summed E-state index contributed by atoms with van der Waals surface area (Å²) in [6.45, 7) is 2.08. The van der Waals surface area contributed by atoms with Gasteiger partial charge in [-0.15, -0.1) is 0 Å². The molecular weight excluding hydrogens is 430 g/mol. The number of hydrogen-bond donors (Lipinski definition) is 2. The summed E-state index contributed by atoms with van der Waals surface area (Å²) in [5.74, 6) is 0.716. The molecule has 2 aromatic heterocycles. The van der Waals surface area contributed by atoms with E-state index in [4.69, 9.17) is 10.5 Å². The van der Waals surface area contributed by atoms with Gasteiger partial charge >= 0.3 is 0 Å². The van der Waals surface area contributed by atoms with Crippen molar-refractivity contribution < 1.29 is 9.53 Å². The van der Waals surface area contributed by atoms with Crippen molar-refractivity contribution in [1.82, 2.24) is 24.6 Å². The highest BCUT2D eigenvalue weighted by Crippen LogP contribution is 2.27. The van der Waals surface area contributed by atoms with Crippen LogP contribution < -0.4 is 15.8 Å². The number of ether oxygens (including phenoxy) is 1. The number of hydrogen-bond acceptors (Lipinski definition) is 7. The summed E-state index contributed by atoms with van der Waals surface area (Å²) < 4.78 is 7.92. The van der Waals surface area contributed by atoms with E-state index < -0.39 is 5.91 Å². The van der Waals surface area contributed by atoms with E-state index in [1.807, 2.05) is 37.5 Å². The number of piperidine rings is 1. The van der Waals surface area contributed by atoms with Gasteiger partial charge in [0, 0.05) is 60.8 Å². The molecule has 3 heterocycles. The Balaban J connectivity index is 1.40. The van der Waals surface area contributed by atoms with Gasteiger partial charge in [-0.2, -0.15) is 5.10 Å². The maximum atomic E-state index is 11.9. The normalized spacial score (nSPS) is 14.9. The summed E-state index contributed by atoms with van der Waals surface area (Å²) in [5, 5.41) is 8.34. The molecule has 9 nitrogen and oxygen atoms in total. The van der Waals surface area contributed by atoms with Crippen molar-refractivity contribution in [2.24, 2.45) is 12.8 Å². The third-order valence-electron chi connectivity index (χ3n) is 6.03. The number of carbonyl (C=O) groups is 1. The topological polar surface area (TPSA) is 111 Å². The van der Waals surface area contributed by atoms with Crippen molar-refractivity contribution in [2.45, 2.75) is 18.9 Å². The number of aromatic nitrogens is 4. The van der Waals surface area contributed by atoms with Gasteiger partial charge in [-0.25, -0.2) is 9.97 Å². The Morgan fingerprint density at radius 3 is 2.65 bits per heavy atom. The predicted molar refractivity (Wildman–Crippen MR) is 131 cm³/mol. The fraction of sp³-hybridized carbons (Fsp3) is 0.280. The number of primary amides is 1. The first kappa shape index (κ1) is 21.8. The lowest BCUT2D eigenvalue weighted by molar-refractivity contribution is 0.100. The van der Waals surface area contributed by atoms with Gasteiger partial charge in [-0.05, 0) is 55.8 Å². The SMILES string of the molecule is CN1CCC(Oc2ccc3cnc(Nc4cc(C(N)=O)cc(-c5cnn(C)c5)c4)nc3c2)CC1. The average molecular weight is 458 g/mol. The van der Waals surface area contributed by atoms with Gasteiger partial charge in [0.1, 0.15) is 11.9 Å². The van der Waals surface area contributed by atoms with Crippen LogP contribution in [0.2, 0.25) is 0 Å². The molecule has 2 aromatic carbocycles. The minimum absolute atomic E-state index is 0.218. The molecule has 1 amide bonds. The summed E-state index contributed by atoms with van der Waals surface area (Å²) in [4.78, 5) is 23.3. The molecule has 0 radical (unpaired) electrons. The van der Waals surface area contributed by atoms with Crippen LogP contribution in [-0.4, -0.2) is 56.8 Å². The number of nitrogens with zero attached hydrogens (tertiary/aromatic N) is 5. The van der Waals surface area contributed by atoms with Crippen LogP contribution in [0.3, 0.4) is 0 Å². The summed E-state index contributed by atoms with van der Waals surface area (Å²) in [6.07, 6.45) is 7.63. The van der Waals surface area contributed by atoms with Gasteiger partial charge in [0.05, 0.1) is 11.7 Å². The van der Waals surface area contributed by atoms with E-state index >= 15 is 0 Å². The Morgan fingerprint density at radius 1 is 1.09 bits per heavy atom. The van der Waals surface area contributed by atoms with E-state index in [0.717, 1.165) is 53.7 Å². The zero-order chi connectivity index (χ0) is 23.7. The lowest BCUT2D eigenvalue weighted by atomic mass is 10.0. The molecule has 0 unspecified atom stereocenters. The number of amides is 1. The monoisotopic (exact) mass is 457 g/mol. The third kappa shape index (κ3) is 4.84. The second-order valence-corrected chi connectivity index (χ2v) is 8.73. The molecule has 0 aliphatic carbocycles. The lowest BCUT2D eigenvalue weighted by Gasteiger charge is -2.29. The minimum atomic E-state index is -0.510. The van der Waals surface area contributed by atoms with Crippen molar-refractivity contribution in [3.05, 3.63) is 60.6 Å². The van der Waals surface area contributed by atoms with Crippen molar-refractivity contribution in [3.63, 3.8) is 0 Å². The quantitative estimate of drug-likeness (QED) is 0.457. The van der Waals surface area contributed by atoms with E-state index in [1.54, 1.807) is 29.2 Å². The van der Waals surface area contributed by atoms with Gasteiger partial charge < -0.3 is 20.7 Å². The number of benzene rings is 2. The van der Waals surface area contributed by atoms with Crippen LogP contribution in [0.15, 0.2) is 55.0 Å². The minimum Gasteiger partial charge on any atom is -0.490 e. The summed E-state index contributed by atoms with van der Waals surface area (Å²) >= 11 is 0. The smallest absolute Gasteiger partial charge is 0.248 e. The van der Waals surface area contributed by atoms with E-state index in [9.17, 15) is 4.79 Å². The molecule has 1 aliphatic heterocycles. The Bertz CT molecular complexity index is 1340. The molecule has 4 aromatic rings. The highest BCUT2D eigenvalue weighted by Gasteiger charge is 2.18. The van der Waals surface area contributed by atoms with Crippen molar-refractivity contribution in [3.8, 4) is 16.9 Å². The standard InChI is InChI=1S/C25H27N7O2/c1-31-7-5-21(6-8-31)34-22-4-3-16-13-27-25(30-23(16)12-22)29-20-10-17(9-18(11-20)24(26)33)19-14-28-32(2)15-19/h3-4,9-15,21H,5-8H2,1-2H3,(H2,26,33)(H,27,29,30). The number of carbonyl (C=O) groups excluding carboxylic acids is 1. The molecule has 0 spiro atoms. The molecule has 0 atom stereocenters. The largest absolute Gasteiger partial charge is 0.490 e. The maximum absolute atomic E-state index is 11.9. The number of likely N-dealkylation sites (tertiary alicyclic amines) is 1. The van der Waals surface area contributed by atoms with E-state index in [2.05, 4.69) is 32.3 Å². The Labute approximate surface area is 197 Å². The second-order valence-electron chi connectivity index (χ2n) is 8.73. The number of nitrogens with one attached hydrogen (secondary N) is 1. The molecule has 1 aliphatic rings. The molecule has 34 heavy (non-hydrogen) atoms. The van der Waals surface area contributed by atoms with Crippen LogP contribution in [0.4, 0.5) is 11.6 Å². The molecule has 0 bridgehead atoms. The zero-order valence-corrected chi connectivity index (χ0v) is 19.2. The maximum Gasteiger partial charge on any atom is 0.248 e. The Morgan fingerprint density at radius 2 is 1.91 bits per heavy atom. The number of rotatable bonds is 6. The molecule has 3 N–H and O–H groups in total. The third-order valence-corrected chi connectivity index (χ3v) is 6.03. The molecular formula is C25H27N7O2. The highest BCUT2D eigenvalue weighted by atomic mass is 16.5. The van der Waals surface area contributed by atoms with Gasteiger partial charge in [0.15, 0.2) is 0 Å². The first-order chi connectivity index (χ1) is 16.4. The predicted octanol–water partition coefficient (Wildman–Crippen LogP) is 3.35. The van der Waals surface area contributed by atoms with Crippen LogP contribution in [-0.2, 0) is 7.05 Å². The van der Waals surface area contributed by atoms with Gasteiger partial charge in [0.25, 0.3) is 0 Å². The van der Waals surface area contributed by atoms with Crippen LogP contribution >= 0.6 is 0 Å². The molecule has 9 heteroatoms. The summed E-state index contributed by atoms with van der Waals surface area (Å²) in [6, 6.07) is 11.2. The number of aryl methyl sites for hydroxylation is 1. The van der Waals surface area contributed by atoms with Crippen molar-refractivity contribution in [2.75, 3.05) is 25.5 Å². The van der Waals surface area contributed by atoms with Crippen molar-refractivity contribution in [1.29, 1.82) is 0 Å². The Kier molecular flexibility index (Phi) is 5.85.